The van der Waals surface area contributed by atoms with Gasteiger partial charge < -0.3 is 20.4 Å². The minimum Gasteiger partial charge on any atom is -0.380 e. The van der Waals surface area contributed by atoms with Crippen molar-refractivity contribution < 1.29 is 19.8 Å². The van der Waals surface area contributed by atoms with Crippen LogP contribution in [0.25, 0.3) is 0 Å². The molecular formula is C24H27N3O4S. The van der Waals surface area contributed by atoms with Crippen molar-refractivity contribution in [2.75, 3.05) is 7.05 Å². The van der Waals surface area contributed by atoms with Gasteiger partial charge in [0.1, 0.15) is 5.01 Å². The summed E-state index contributed by atoms with van der Waals surface area (Å²) in [6, 6.07) is 18.9. The normalized spacial score (nSPS) is 13.8. The molecule has 0 bridgehead atoms. The molecule has 0 aliphatic heterocycles. The summed E-state index contributed by atoms with van der Waals surface area (Å²) < 4.78 is 0. The topological polar surface area (TPSA) is 103 Å². The molecule has 2 aromatic carbocycles. The van der Waals surface area contributed by atoms with E-state index in [0.29, 0.717) is 11.4 Å². The van der Waals surface area contributed by atoms with Gasteiger partial charge in [-0.05, 0) is 18.1 Å². The molecule has 3 N–H and O–H groups in total. The number of carbonyl (C=O) groups is 2. The van der Waals surface area contributed by atoms with Crippen molar-refractivity contribution in [3.8, 4) is 0 Å². The van der Waals surface area contributed by atoms with Crippen molar-refractivity contribution in [2.24, 2.45) is 0 Å². The molecule has 0 aliphatic carbocycles. The number of aliphatic hydroxyl groups excluding tert-OH is 2. The monoisotopic (exact) mass is 453 g/mol. The van der Waals surface area contributed by atoms with Crippen molar-refractivity contribution in [3.63, 3.8) is 0 Å². The lowest BCUT2D eigenvalue weighted by atomic mass is 10.1. The van der Waals surface area contributed by atoms with E-state index >= 15 is 0 Å². The summed E-state index contributed by atoms with van der Waals surface area (Å²) in [4.78, 5) is 30.7. The van der Waals surface area contributed by atoms with Crippen LogP contribution in [0.1, 0.15) is 34.8 Å². The molecule has 3 rings (SSSR count). The number of benzene rings is 2. The first kappa shape index (κ1) is 23.6. The van der Waals surface area contributed by atoms with Crippen LogP contribution in [-0.4, -0.2) is 51.2 Å². The van der Waals surface area contributed by atoms with Crippen molar-refractivity contribution in [2.45, 2.75) is 38.1 Å². The second-order valence-electron chi connectivity index (χ2n) is 7.54. The van der Waals surface area contributed by atoms with Gasteiger partial charge in [0.05, 0.1) is 18.3 Å². The molecule has 0 aliphatic rings. The van der Waals surface area contributed by atoms with Crippen LogP contribution in [0.4, 0.5) is 0 Å². The highest BCUT2D eigenvalue weighted by Crippen LogP contribution is 2.19. The third-order valence-corrected chi connectivity index (χ3v) is 6.17. The lowest BCUT2D eigenvalue weighted by Crippen LogP contribution is -2.50. The van der Waals surface area contributed by atoms with Crippen LogP contribution in [0.3, 0.4) is 0 Å². The molecule has 3 atom stereocenters. The average molecular weight is 454 g/mol. The number of thiazole rings is 1. The number of amides is 2. The molecule has 7 nitrogen and oxygen atoms in total. The largest absolute Gasteiger partial charge is 0.380 e. The first-order chi connectivity index (χ1) is 15.4. The van der Waals surface area contributed by atoms with Crippen molar-refractivity contribution in [3.05, 3.63) is 87.9 Å². The summed E-state index contributed by atoms with van der Waals surface area (Å²) >= 11 is 1.40. The summed E-state index contributed by atoms with van der Waals surface area (Å²) in [6.45, 7) is 1.91. The minimum atomic E-state index is -1.88. The molecular weight excluding hydrogens is 426 g/mol. The SMILES string of the molecule is CC(c1ccccc1)N(C)C(=O)C(O)C(O)C(=O)NCc1nc(Cc2ccccc2)cs1. The molecule has 8 heteroatoms. The van der Waals surface area contributed by atoms with Gasteiger partial charge in [0, 0.05) is 18.8 Å². The standard InChI is InChI=1S/C24H27N3O4S/c1-16(18-11-7-4-8-12-18)27(2)24(31)22(29)21(28)23(30)25-14-20-26-19(15-32-20)13-17-9-5-3-6-10-17/h3-12,15-16,21-22,28-29H,13-14H2,1-2H3,(H,25,30). The predicted molar refractivity (Wildman–Crippen MR) is 123 cm³/mol. The number of likely N-dealkylation sites (N-methyl/N-ethyl adjacent to an activating group) is 1. The Kier molecular flexibility index (Phi) is 8.10. The molecule has 168 valence electrons. The fourth-order valence-corrected chi connectivity index (χ4v) is 3.95. The fraction of sp³-hybridized carbons (Fsp3) is 0.292. The Hall–Kier alpha value is -3.07. The van der Waals surface area contributed by atoms with Crippen molar-refractivity contribution in [1.29, 1.82) is 0 Å². The van der Waals surface area contributed by atoms with Crippen LogP contribution in [-0.2, 0) is 22.6 Å². The van der Waals surface area contributed by atoms with Crippen LogP contribution in [0.5, 0.6) is 0 Å². The molecule has 0 radical (unpaired) electrons. The molecule has 0 saturated carbocycles. The summed E-state index contributed by atoms with van der Waals surface area (Å²) in [5, 5.41) is 25.6. The highest BCUT2D eigenvalue weighted by Gasteiger charge is 2.33. The van der Waals surface area contributed by atoms with E-state index in [4.69, 9.17) is 0 Å². The lowest BCUT2D eigenvalue weighted by Gasteiger charge is -2.28. The third kappa shape index (κ3) is 6.00. The molecule has 3 aromatic rings. The quantitative estimate of drug-likeness (QED) is 0.461. The van der Waals surface area contributed by atoms with E-state index < -0.39 is 24.0 Å². The number of aliphatic hydroxyl groups is 2. The van der Waals surface area contributed by atoms with Gasteiger partial charge in [0.25, 0.3) is 11.8 Å². The smallest absolute Gasteiger partial charge is 0.254 e. The van der Waals surface area contributed by atoms with Gasteiger partial charge in [-0.15, -0.1) is 11.3 Å². The Bertz CT molecular complexity index is 1030. The molecule has 32 heavy (non-hydrogen) atoms. The van der Waals surface area contributed by atoms with E-state index in [2.05, 4.69) is 10.3 Å². The molecule has 3 unspecified atom stereocenters. The van der Waals surface area contributed by atoms with Crippen LogP contribution in [0.15, 0.2) is 66.0 Å². The Morgan fingerprint density at radius 3 is 2.31 bits per heavy atom. The van der Waals surface area contributed by atoms with Crippen molar-refractivity contribution >= 4 is 23.2 Å². The van der Waals surface area contributed by atoms with E-state index in [0.717, 1.165) is 16.8 Å². The molecule has 1 heterocycles. The number of nitrogens with zero attached hydrogens (tertiary/aromatic N) is 2. The van der Waals surface area contributed by atoms with Crippen LogP contribution in [0.2, 0.25) is 0 Å². The number of hydrogen-bond donors (Lipinski definition) is 3. The minimum absolute atomic E-state index is 0.104. The van der Waals surface area contributed by atoms with Crippen LogP contribution < -0.4 is 5.32 Å². The highest BCUT2D eigenvalue weighted by molar-refractivity contribution is 7.09. The summed E-state index contributed by atoms with van der Waals surface area (Å²) in [6.07, 6.45) is -3.06. The number of nitrogens with one attached hydrogen (secondary N) is 1. The number of carbonyl (C=O) groups excluding carboxylic acids is 2. The molecule has 0 spiro atoms. The van der Waals surface area contributed by atoms with Gasteiger partial charge in [0.15, 0.2) is 12.2 Å². The second kappa shape index (κ2) is 11.0. The Morgan fingerprint density at radius 1 is 1.03 bits per heavy atom. The molecule has 2 amide bonds. The van der Waals surface area contributed by atoms with E-state index in [9.17, 15) is 19.8 Å². The van der Waals surface area contributed by atoms with Crippen LogP contribution in [0, 0.1) is 0 Å². The van der Waals surface area contributed by atoms with Crippen molar-refractivity contribution in [1.82, 2.24) is 15.2 Å². The van der Waals surface area contributed by atoms with E-state index in [-0.39, 0.29) is 12.6 Å². The van der Waals surface area contributed by atoms with E-state index in [1.807, 2.05) is 73.0 Å². The van der Waals surface area contributed by atoms with Gasteiger partial charge >= 0.3 is 0 Å². The number of aromatic nitrogens is 1. The van der Waals surface area contributed by atoms with E-state index in [1.54, 1.807) is 0 Å². The fourth-order valence-electron chi connectivity index (χ4n) is 3.22. The zero-order valence-corrected chi connectivity index (χ0v) is 18.8. The van der Waals surface area contributed by atoms with Gasteiger partial charge in [-0.2, -0.15) is 0 Å². The van der Waals surface area contributed by atoms with Gasteiger partial charge in [-0.3, -0.25) is 9.59 Å². The Labute approximate surface area is 191 Å². The molecule has 1 aromatic heterocycles. The maximum absolute atomic E-state index is 12.6. The average Bonchev–Trinajstić information content (AvgIpc) is 3.28. The van der Waals surface area contributed by atoms with Gasteiger partial charge in [-0.25, -0.2) is 4.98 Å². The first-order valence-corrected chi connectivity index (χ1v) is 11.2. The zero-order chi connectivity index (χ0) is 23.1. The third-order valence-electron chi connectivity index (χ3n) is 5.27. The molecule has 0 saturated heterocycles. The maximum Gasteiger partial charge on any atom is 0.254 e. The highest BCUT2D eigenvalue weighted by atomic mass is 32.1. The predicted octanol–water partition coefficient (Wildman–Crippen LogP) is 2.29. The summed E-state index contributed by atoms with van der Waals surface area (Å²) in [5.41, 5.74) is 2.90. The first-order valence-electron chi connectivity index (χ1n) is 10.3. The van der Waals surface area contributed by atoms with Gasteiger partial charge in [-0.1, -0.05) is 60.7 Å². The number of hydrogen-bond acceptors (Lipinski definition) is 6. The van der Waals surface area contributed by atoms with E-state index in [1.165, 1.54) is 23.3 Å². The summed E-state index contributed by atoms with van der Waals surface area (Å²) in [7, 11) is 1.53. The summed E-state index contributed by atoms with van der Waals surface area (Å²) in [5.74, 6) is -1.56. The molecule has 0 fully saturated rings. The Balaban J connectivity index is 1.52. The number of rotatable bonds is 9. The second-order valence-corrected chi connectivity index (χ2v) is 8.48. The lowest BCUT2D eigenvalue weighted by molar-refractivity contribution is -0.153. The maximum atomic E-state index is 12.6. The van der Waals surface area contributed by atoms with Crippen LogP contribution >= 0.6 is 11.3 Å². The zero-order valence-electron chi connectivity index (χ0n) is 18.0. The van der Waals surface area contributed by atoms with Gasteiger partial charge in [0.2, 0.25) is 0 Å². The Morgan fingerprint density at radius 2 is 1.66 bits per heavy atom.